The number of rotatable bonds is 3. The van der Waals surface area contributed by atoms with Crippen LogP contribution in [0.4, 0.5) is 4.39 Å². The van der Waals surface area contributed by atoms with Crippen LogP contribution in [-0.4, -0.2) is 30.6 Å². The van der Waals surface area contributed by atoms with Crippen molar-refractivity contribution in [3.8, 4) is 0 Å². The lowest BCUT2D eigenvalue weighted by atomic mass is 9.97. The van der Waals surface area contributed by atoms with Gasteiger partial charge in [-0.3, -0.25) is 0 Å². The molecule has 112 valence electrons. The summed E-state index contributed by atoms with van der Waals surface area (Å²) in [6.07, 6.45) is 2.15. The molecule has 1 aliphatic heterocycles. The summed E-state index contributed by atoms with van der Waals surface area (Å²) in [5, 5.41) is 4.17. The molecule has 20 heavy (non-hydrogen) atoms. The van der Waals surface area contributed by atoms with E-state index in [-0.39, 0.29) is 11.1 Å². The molecule has 0 aliphatic carbocycles. The van der Waals surface area contributed by atoms with Gasteiger partial charge in [0.15, 0.2) is 0 Å². The number of likely N-dealkylation sites (tertiary alicyclic amines) is 1. The molecule has 3 atom stereocenters. The zero-order chi connectivity index (χ0) is 14.9. The van der Waals surface area contributed by atoms with Crippen LogP contribution in [0.3, 0.4) is 0 Å². The van der Waals surface area contributed by atoms with Gasteiger partial charge in [-0.25, -0.2) is 4.39 Å². The first-order valence-corrected chi connectivity index (χ1v) is 7.75. The lowest BCUT2D eigenvalue weighted by Gasteiger charge is -2.37. The Morgan fingerprint density at radius 2 is 2.10 bits per heavy atom. The highest BCUT2D eigenvalue weighted by atomic mass is 35.5. The molecular weight excluding hydrogens is 298 g/mol. The Hall–Kier alpha value is -0.350. The number of benzene rings is 1. The van der Waals surface area contributed by atoms with Crippen LogP contribution < -0.4 is 5.32 Å². The molecule has 1 aliphatic rings. The van der Waals surface area contributed by atoms with Gasteiger partial charge < -0.3 is 10.2 Å². The van der Waals surface area contributed by atoms with Crippen molar-refractivity contribution in [2.24, 2.45) is 0 Å². The van der Waals surface area contributed by atoms with Crippen LogP contribution in [0.25, 0.3) is 0 Å². The molecule has 1 aromatic rings. The molecule has 0 spiro atoms. The predicted octanol–water partition coefficient (Wildman–Crippen LogP) is 4.27. The van der Waals surface area contributed by atoms with Crippen molar-refractivity contribution in [3.05, 3.63) is 33.6 Å². The van der Waals surface area contributed by atoms with Gasteiger partial charge in [0.25, 0.3) is 0 Å². The van der Waals surface area contributed by atoms with Crippen molar-refractivity contribution < 1.29 is 4.39 Å². The summed E-state index contributed by atoms with van der Waals surface area (Å²) >= 11 is 12.2. The molecular formula is C15H21Cl2FN2. The molecule has 0 aromatic heterocycles. The highest BCUT2D eigenvalue weighted by Gasteiger charge is 2.25. The second-order valence-electron chi connectivity index (χ2n) is 5.70. The first kappa shape index (κ1) is 16.0. The lowest BCUT2D eigenvalue weighted by Crippen LogP contribution is -2.46. The van der Waals surface area contributed by atoms with Crippen LogP contribution in [0.2, 0.25) is 10.0 Å². The summed E-state index contributed by atoms with van der Waals surface area (Å²) in [5.74, 6) is -0.420. The minimum absolute atomic E-state index is 0.0636. The van der Waals surface area contributed by atoms with E-state index in [1.165, 1.54) is 6.07 Å². The number of piperidine rings is 1. The summed E-state index contributed by atoms with van der Waals surface area (Å²) < 4.78 is 13.6. The predicted molar refractivity (Wildman–Crippen MR) is 83.1 cm³/mol. The molecule has 3 unspecified atom stereocenters. The van der Waals surface area contributed by atoms with E-state index in [0.717, 1.165) is 19.4 Å². The van der Waals surface area contributed by atoms with Crippen LogP contribution in [0, 0.1) is 5.82 Å². The summed E-state index contributed by atoms with van der Waals surface area (Å²) in [7, 11) is 2.14. The maximum absolute atomic E-state index is 13.6. The van der Waals surface area contributed by atoms with E-state index in [2.05, 4.69) is 24.2 Å². The maximum Gasteiger partial charge on any atom is 0.142 e. The van der Waals surface area contributed by atoms with Crippen molar-refractivity contribution in [2.45, 2.75) is 44.8 Å². The molecule has 5 heteroatoms. The van der Waals surface area contributed by atoms with Crippen molar-refractivity contribution in [3.63, 3.8) is 0 Å². The van der Waals surface area contributed by atoms with E-state index in [1.54, 1.807) is 6.07 Å². The summed E-state index contributed by atoms with van der Waals surface area (Å²) in [4.78, 5) is 2.35. The number of nitrogens with zero attached hydrogens (tertiary/aromatic N) is 1. The molecule has 0 saturated carbocycles. The third-order valence-electron chi connectivity index (χ3n) is 4.21. The smallest absolute Gasteiger partial charge is 0.142 e. The van der Waals surface area contributed by atoms with Crippen molar-refractivity contribution >= 4 is 23.2 Å². The van der Waals surface area contributed by atoms with E-state index < -0.39 is 5.82 Å². The topological polar surface area (TPSA) is 15.3 Å². The third-order valence-corrected chi connectivity index (χ3v) is 4.92. The normalized spacial score (nSPS) is 25.7. The Balaban J connectivity index is 2.09. The Morgan fingerprint density at radius 1 is 1.40 bits per heavy atom. The monoisotopic (exact) mass is 318 g/mol. The van der Waals surface area contributed by atoms with Gasteiger partial charge in [-0.05, 0) is 52.4 Å². The molecule has 2 rings (SSSR count). The van der Waals surface area contributed by atoms with Gasteiger partial charge in [0.2, 0.25) is 0 Å². The first-order chi connectivity index (χ1) is 9.40. The Bertz CT molecular complexity index is 481. The maximum atomic E-state index is 13.6. The third kappa shape index (κ3) is 3.45. The van der Waals surface area contributed by atoms with Crippen LogP contribution in [0.1, 0.15) is 38.3 Å². The summed E-state index contributed by atoms with van der Waals surface area (Å²) in [6, 6.07) is 3.76. The molecule has 0 radical (unpaired) electrons. The first-order valence-electron chi connectivity index (χ1n) is 6.99. The molecule has 0 bridgehead atoms. The molecule has 1 aromatic carbocycles. The zero-order valence-electron chi connectivity index (χ0n) is 12.1. The van der Waals surface area contributed by atoms with Crippen LogP contribution in [0.15, 0.2) is 12.1 Å². The molecule has 1 fully saturated rings. The average molecular weight is 319 g/mol. The Labute approximate surface area is 130 Å². The second-order valence-corrected chi connectivity index (χ2v) is 6.48. The Kier molecular flexibility index (Phi) is 5.30. The summed E-state index contributed by atoms with van der Waals surface area (Å²) in [6.45, 7) is 5.27. The number of nitrogens with one attached hydrogen (secondary N) is 1. The van der Waals surface area contributed by atoms with Crippen molar-refractivity contribution in [1.29, 1.82) is 0 Å². The van der Waals surface area contributed by atoms with Gasteiger partial charge in [0.05, 0.1) is 5.02 Å². The zero-order valence-corrected chi connectivity index (χ0v) is 13.6. The van der Waals surface area contributed by atoms with Gasteiger partial charge in [-0.1, -0.05) is 23.2 Å². The molecule has 2 nitrogen and oxygen atoms in total. The quantitative estimate of drug-likeness (QED) is 0.837. The van der Waals surface area contributed by atoms with Crippen LogP contribution in [-0.2, 0) is 0 Å². The van der Waals surface area contributed by atoms with E-state index in [4.69, 9.17) is 23.2 Å². The fraction of sp³-hybridized carbons (Fsp3) is 0.600. The number of hydrogen-bond acceptors (Lipinski definition) is 2. The Morgan fingerprint density at radius 3 is 2.75 bits per heavy atom. The van der Waals surface area contributed by atoms with Crippen molar-refractivity contribution in [1.82, 2.24) is 10.2 Å². The fourth-order valence-corrected chi connectivity index (χ4v) is 3.52. The highest BCUT2D eigenvalue weighted by molar-refractivity contribution is 6.36. The van der Waals surface area contributed by atoms with Gasteiger partial charge in [-0.15, -0.1) is 0 Å². The van der Waals surface area contributed by atoms with Gasteiger partial charge in [0.1, 0.15) is 5.82 Å². The largest absolute Gasteiger partial charge is 0.307 e. The van der Waals surface area contributed by atoms with E-state index in [0.29, 0.717) is 22.7 Å². The lowest BCUT2D eigenvalue weighted by molar-refractivity contribution is 0.163. The van der Waals surface area contributed by atoms with Crippen molar-refractivity contribution in [2.75, 3.05) is 13.6 Å². The molecule has 1 saturated heterocycles. The number of hydrogen-bond donors (Lipinski definition) is 1. The SMILES string of the molecule is CC(NC1CCN(C)C(C)C1)c1c(Cl)ccc(F)c1Cl. The fourth-order valence-electron chi connectivity index (χ4n) is 2.82. The average Bonchev–Trinajstić information content (AvgIpc) is 2.39. The summed E-state index contributed by atoms with van der Waals surface area (Å²) in [5.41, 5.74) is 0.653. The minimum Gasteiger partial charge on any atom is -0.307 e. The van der Waals surface area contributed by atoms with Gasteiger partial charge in [-0.2, -0.15) is 0 Å². The number of halogens is 3. The minimum atomic E-state index is -0.420. The van der Waals surface area contributed by atoms with E-state index in [9.17, 15) is 4.39 Å². The van der Waals surface area contributed by atoms with Crippen LogP contribution in [0.5, 0.6) is 0 Å². The molecule has 0 amide bonds. The van der Waals surface area contributed by atoms with E-state index >= 15 is 0 Å². The standard InChI is InChI=1S/C15H21Cl2FN2/c1-9-8-11(6-7-20(9)3)19-10(2)14-12(16)4-5-13(18)15(14)17/h4-5,9-11,19H,6-8H2,1-3H3. The van der Waals surface area contributed by atoms with E-state index in [1.807, 2.05) is 6.92 Å². The second kappa shape index (κ2) is 6.61. The highest BCUT2D eigenvalue weighted by Crippen LogP contribution is 2.33. The van der Waals surface area contributed by atoms with Gasteiger partial charge >= 0.3 is 0 Å². The van der Waals surface area contributed by atoms with Crippen LogP contribution >= 0.6 is 23.2 Å². The molecule has 1 N–H and O–H groups in total. The molecule has 1 heterocycles. The van der Waals surface area contributed by atoms with Gasteiger partial charge in [0, 0.05) is 28.7 Å².